The van der Waals surface area contributed by atoms with Crippen molar-refractivity contribution in [3.05, 3.63) is 51.6 Å². The standard InChI is InChI=1S/C17H31O2Si.3CH3.Pt/c1-16-12-11-14-17(16)13-9-7-5-6-8-10-15-20(4,18-2)19-3;;;;/h11-12,14H,5-10,13,15H2,1-4H3;3*1H3;/q4*-1;+4. The van der Waals surface area contributed by atoms with Crippen LogP contribution in [0.3, 0.4) is 0 Å². The van der Waals surface area contributed by atoms with Crippen molar-refractivity contribution in [3.63, 3.8) is 0 Å². The maximum absolute atomic E-state index is 5.50. The number of rotatable bonds is 11. The zero-order valence-corrected chi connectivity index (χ0v) is 20.3. The fourth-order valence-electron chi connectivity index (χ4n) is 2.58. The molecule has 0 saturated heterocycles. The molecule has 0 aromatic heterocycles. The Morgan fingerprint density at radius 1 is 0.917 bits per heavy atom. The van der Waals surface area contributed by atoms with Gasteiger partial charge in [-0.1, -0.05) is 51.9 Å². The maximum atomic E-state index is 5.50. The van der Waals surface area contributed by atoms with Crippen LogP contribution < -0.4 is 0 Å². The van der Waals surface area contributed by atoms with E-state index in [1.807, 2.05) is 0 Å². The van der Waals surface area contributed by atoms with Crippen molar-refractivity contribution in [1.29, 1.82) is 0 Å². The van der Waals surface area contributed by atoms with E-state index in [1.165, 1.54) is 56.1 Å². The molecule has 1 aromatic carbocycles. The molecular weight excluding hydrogens is 495 g/mol. The number of hydrogen-bond donors (Lipinski definition) is 0. The predicted octanol–water partition coefficient (Wildman–Crippen LogP) is 6.31. The average molecular weight is 536 g/mol. The van der Waals surface area contributed by atoms with Gasteiger partial charge in [-0.25, -0.2) is 12.1 Å². The van der Waals surface area contributed by atoms with E-state index in [-0.39, 0.29) is 43.3 Å². The smallest absolute Gasteiger partial charge is 0.398 e. The van der Waals surface area contributed by atoms with E-state index >= 15 is 0 Å². The summed E-state index contributed by atoms with van der Waals surface area (Å²) in [7, 11) is 1.74. The van der Waals surface area contributed by atoms with E-state index < -0.39 is 8.56 Å². The molecule has 0 unspecified atom stereocenters. The Balaban J connectivity index is -0.000000500. The summed E-state index contributed by atoms with van der Waals surface area (Å²) >= 11 is 0. The van der Waals surface area contributed by atoms with Gasteiger partial charge in [0.05, 0.1) is 0 Å². The fraction of sp³-hybridized carbons (Fsp3) is 0.600. The van der Waals surface area contributed by atoms with Crippen molar-refractivity contribution in [2.45, 2.75) is 64.5 Å². The van der Waals surface area contributed by atoms with Crippen molar-refractivity contribution in [2.24, 2.45) is 0 Å². The van der Waals surface area contributed by atoms with Crippen LogP contribution in [0.2, 0.25) is 12.6 Å². The first-order chi connectivity index (χ1) is 9.61. The normalized spacial score (nSPS) is 10.0. The molecule has 4 heteroatoms. The van der Waals surface area contributed by atoms with Crippen molar-refractivity contribution in [2.75, 3.05) is 14.2 Å². The van der Waals surface area contributed by atoms with Crippen LogP contribution in [0.25, 0.3) is 0 Å². The first-order valence-electron chi connectivity index (χ1n) is 7.93. The van der Waals surface area contributed by atoms with Gasteiger partial charge in [0.25, 0.3) is 0 Å². The van der Waals surface area contributed by atoms with Crippen LogP contribution in [-0.4, -0.2) is 22.8 Å². The first-order valence-corrected chi connectivity index (χ1v) is 10.4. The summed E-state index contributed by atoms with van der Waals surface area (Å²) in [5, 5.41) is 0. The third kappa shape index (κ3) is 12.5. The van der Waals surface area contributed by atoms with Gasteiger partial charge < -0.3 is 31.1 Å². The largest absolute Gasteiger partial charge is 4.00 e. The molecule has 0 saturated carbocycles. The summed E-state index contributed by atoms with van der Waals surface area (Å²) in [4.78, 5) is 0. The molecule has 146 valence electrons. The molecule has 0 fully saturated rings. The second-order valence-electron chi connectivity index (χ2n) is 5.90. The summed E-state index contributed by atoms with van der Waals surface area (Å²) in [6, 6.07) is 7.75. The second-order valence-corrected chi connectivity index (χ2v) is 9.48. The van der Waals surface area contributed by atoms with E-state index in [9.17, 15) is 0 Å². The number of aryl methyl sites for hydroxylation is 2. The Kier molecular flexibility index (Phi) is 23.9. The van der Waals surface area contributed by atoms with Crippen LogP contribution in [0.15, 0.2) is 18.2 Å². The molecule has 0 amide bonds. The third-order valence-electron chi connectivity index (χ3n) is 4.34. The van der Waals surface area contributed by atoms with Crippen molar-refractivity contribution in [1.82, 2.24) is 0 Å². The van der Waals surface area contributed by atoms with Gasteiger partial charge in [0, 0.05) is 14.2 Å². The van der Waals surface area contributed by atoms with E-state index in [2.05, 4.69) is 31.7 Å². The Morgan fingerprint density at radius 2 is 1.42 bits per heavy atom. The average Bonchev–Trinajstić information content (AvgIpc) is 2.87. The number of unbranched alkanes of at least 4 members (excludes halogenated alkanes) is 5. The van der Waals surface area contributed by atoms with Gasteiger partial charge >= 0.3 is 29.6 Å². The van der Waals surface area contributed by atoms with Crippen LogP contribution in [-0.2, 0) is 36.3 Å². The zero-order chi connectivity index (χ0) is 14.8. The van der Waals surface area contributed by atoms with Gasteiger partial charge in [-0.05, 0) is 12.6 Å². The molecule has 2 nitrogen and oxygen atoms in total. The van der Waals surface area contributed by atoms with Crippen molar-refractivity contribution >= 4 is 8.56 Å². The van der Waals surface area contributed by atoms with E-state index in [1.54, 1.807) is 14.2 Å². The summed E-state index contributed by atoms with van der Waals surface area (Å²) < 4.78 is 11.0. The molecule has 0 aliphatic rings. The Morgan fingerprint density at radius 3 is 1.88 bits per heavy atom. The Labute approximate surface area is 168 Å². The van der Waals surface area contributed by atoms with Gasteiger partial charge in [-0.3, -0.25) is 0 Å². The molecule has 0 radical (unpaired) electrons. The van der Waals surface area contributed by atoms with Crippen molar-refractivity contribution < 1.29 is 29.9 Å². The molecular formula is C20H40O2PtSi. The molecule has 0 spiro atoms. The predicted molar refractivity (Wildman–Crippen MR) is 108 cm³/mol. The summed E-state index contributed by atoms with van der Waals surface area (Å²) in [6.45, 7) is 4.36. The quantitative estimate of drug-likeness (QED) is 0.188. The van der Waals surface area contributed by atoms with Gasteiger partial charge in [-0.2, -0.15) is 17.2 Å². The van der Waals surface area contributed by atoms with Crippen molar-refractivity contribution in [3.8, 4) is 0 Å². The van der Waals surface area contributed by atoms with Gasteiger partial charge in [0.1, 0.15) is 0 Å². The molecule has 0 heterocycles. The second kappa shape index (κ2) is 18.0. The van der Waals surface area contributed by atoms with Crippen LogP contribution in [0.5, 0.6) is 0 Å². The summed E-state index contributed by atoms with van der Waals surface area (Å²) in [5.74, 6) is 0. The van der Waals surface area contributed by atoms with Gasteiger partial charge in [0.15, 0.2) is 0 Å². The SMILES string of the molecule is CO[Si](C)(CCCCCCCCc1ccc[c-]1C)OC.[CH3-].[CH3-].[CH3-].[Pt+4]. The minimum absolute atomic E-state index is 0. The summed E-state index contributed by atoms with van der Waals surface area (Å²) in [5.41, 5.74) is 2.99. The van der Waals surface area contributed by atoms with E-state index in [0.29, 0.717) is 0 Å². The number of hydrogen-bond acceptors (Lipinski definition) is 2. The molecule has 24 heavy (non-hydrogen) atoms. The van der Waals surface area contributed by atoms with Crippen LogP contribution in [0.1, 0.15) is 49.7 Å². The summed E-state index contributed by atoms with van der Waals surface area (Å²) in [6.07, 6.45) is 9.19. The topological polar surface area (TPSA) is 18.5 Å². The maximum Gasteiger partial charge on any atom is 4.00 e. The minimum Gasteiger partial charge on any atom is -0.398 e. The molecule has 1 rings (SSSR count). The van der Waals surface area contributed by atoms with Crippen LogP contribution >= 0.6 is 0 Å². The molecule has 0 aliphatic heterocycles. The third-order valence-corrected chi connectivity index (χ3v) is 7.33. The molecule has 0 atom stereocenters. The Hall–Kier alpha value is 0.175. The Bertz CT molecular complexity index is 362. The monoisotopic (exact) mass is 535 g/mol. The fourth-order valence-corrected chi connectivity index (χ4v) is 4.05. The molecule has 0 aliphatic carbocycles. The molecule has 0 N–H and O–H groups in total. The van der Waals surface area contributed by atoms with Crippen LogP contribution in [0.4, 0.5) is 0 Å². The molecule has 1 aromatic rings. The minimum atomic E-state index is -1.82. The van der Waals surface area contributed by atoms with Crippen LogP contribution in [0, 0.1) is 29.2 Å². The van der Waals surface area contributed by atoms with Gasteiger partial charge in [0.2, 0.25) is 0 Å². The molecule has 0 bridgehead atoms. The van der Waals surface area contributed by atoms with E-state index in [4.69, 9.17) is 8.85 Å². The van der Waals surface area contributed by atoms with Gasteiger partial charge in [-0.15, -0.1) is 0 Å². The van der Waals surface area contributed by atoms with E-state index in [0.717, 1.165) is 6.04 Å². The zero-order valence-electron chi connectivity index (χ0n) is 17.0. The first kappa shape index (κ1) is 31.9.